The van der Waals surface area contributed by atoms with Crippen LogP contribution in [0.1, 0.15) is 45.4 Å². The van der Waals surface area contributed by atoms with E-state index in [0.29, 0.717) is 6.42 Å². The van der Waals surface area contributed by atoms with Crippen LogP contribution in [-0.2, 0) is 4.79 Å². The quantitative estimate of drug-likeness (QED) is 0.784. The van der Waals surface area contributed by atoms with Gasteiger partial charge in [-0.1, -0.05) is 6.92 Å². The molecular weight excluding hydrogens is 288 g/mol. The molecule has 0 aliphatic carbocycles. The zero-order valence-corrected chi connectivity index (χ0v) is 14.2. The summed E-state index contributed by atoms with van der Waals surface area (Å²) in [7, 11) is 1.87. The van der Waals surface area contributed by atoms with Gasteiger partial charge >= 0.3 is 12.0 Å². The molecule has 6 heteroatoms. The van der Waals surface area contributed by atoms with Crippen LogP contribution in [0.5, 0.6) is 0 Å². The van der Waals surface area contributed by atoms with Gasteiger partial charge in [-0.05, 0) is 38.4 Å². The SMILES string of the molecule is CCC(CSC)N(C)C(=O)N1CCCCC1CCC(=O)O. The lowest BCUT2D eigenvalue weighted by molar-refractivity contribution is -0.137. The summed E-state index contributed by atoms with van der Waals surface area (Å²) in [5.74, 6) is 0.155. The molecule has 5 nitrogen and oxygen atoms in total. The third-order valence-corrected chi connectivity index (χ3v) is 4.96. The lowest BCUT2D eigenvalue weighted by Crippen LogP contribution is -2.52. The van der Waals surface area contributed by atoms with Crippen LogP contribution in [0.4, 0.5) is 4.79 Å². The van der Waals surface area contributed by atoms with Crippen LogP contribution in [-0.4, -0.2) is 64.6 Å². The van der Waals surface area contributed by atoms with Crippen molar-refractivity contribution in [2.45, 2.75) is 57.5 Å². The van der Waals surface area contributed by atoms with E-state index < -0.39 is 5.97 Å². The normalized spacial score (nSPS) is 20.1. The molecule has 0 saturated carbocycles. The number of carboxylic acids is 1. The first kappa shape index (κ1) is 18.1. The van der Waals surface area contributed by atoms with Gasteiger partial charge in [-0.3, -0.25) is 4.79 Å². The smallest absolute Gasteiger partial charge is 0.320 e. The second-order valence-corrected chi connectivity index (χ2v) is 6.60. The van der Waals surface area contributed by atoms with Crippen LogP contribution in [0.3, 0.4) is 0 Å². The summed E-state index contributed by atoms with van der Waals surface area (Å²) in [6.45, 7) is 2.85. The number of amides is 2. The van der Waals surface area contributed by atoms with Crippen molar-refractivity contribution >= 4 is 23.8 Å². The molecule has 1 rings (SSSR count). The second kappa shape index (κ2) is 9.18. The van der Waals surface area contributed by atoms with Crippen molar-refractivity contribution in [2.24, 2.45) is 0 Å². The molecule has 0 aromatic carbocycles. The molecule has 21 heavy (non-hydrogen) atoms. The largest absolute Gasteiger partial charge is 0.481 e. The van der Waals surface area contributed by atoms with Crippen LogP contribution in [0.15, 0.2) is 0 Å². The molecule has 1 saturated heterocycles. The monoisotopic (exact) mass is 316 g/mol. The van der Waals surface area contributed by atoms with Crippen LogP contribution in [0.2, 0.25) is 0 Å². The van der Waals surface area contributed by atoms with Crippen LogP contribution < -0.4 is 0 Å². The van der Waals surface area contributed by atoms with Crippen molar-refractivity contribution in [3.8, 4) is 0 Å². The molecule has 2 unspecified atom stereocenters. The van der Waals surface area contributed by atoms with Gasteiger partial charge in [0.1, 0.15) is 0 Å². The maximum Gasteiger partial charge on any atom is 0.320 e. The first-order valence-electron chi connectivity index (χ1n) is 7.75. The summed E-state index contributed by atoms with van der Waals surface area (Å²) in [4.78, 5) is 27.2. The summed E-state index contributed by atoms with van der Waals surface area (Å²) in [6.07, 6.45) is 6.72. The summed E-state index contributed by atoms with van der Waals surface area (Å²) >= 11 is 1.75. The van der Waals surface area contributed by atoms with Gasteiger partial charge in [-0.2, -0.15) is 11.8 Å². The van der Waals surface area contributed by atoms with Crippen molar-refractivity contribution in [1.29, 1.82) is 0 Å². The Balaban J connectivity index is 2.68. The first-order chi connectivity index (χ1) is 10.0. The minimum absolute atomic E-state index is 0.0611. The van der Waals surface area contributed by atoms with Crippen molar-refractivity contribution in [1.82, 2.24) is 9.80 Å². The number of urea groups is 1. The summed E-state index contributed by atoms with van der Waals surface area (Å²) in [5.41, 5.74) is 0. The maximum atomic E-state index is 12.7. The highest BCUT2D eigenvalue weighted by Crippen LogP contribution is 2.23. The van der Waals surface area contributed by atoms with Gasteiger partial charge in [0.25, 0.3) is 0 Å². The predicted molar refractivity (Wildman–Crippen MR) is 86.8 cm³/mol. The zero-order chi connectivity index (χ0) is 15.8. The molecular formula is C15H28N2O3S. The summed E-state index contributed by atoms with van der Waals surface area (Å²) in [5, 5.41) is 8.86. The molecule has 0 aromatic rings. The molecule has 1 fully saturated rings. The molecule has 2 atom stereocenters. The minimum atomic E-state index is -0.782. The van der Waals surface area contributed by atoms with E-state index in [2.05, 4.69) is 13.2 Å². The number of piperidine rings is 1. The Kier molecular flexibility index (Phi) is 7.93. The van der Waals surface area contributed by atoms with E-state index >= 15 is 0 Å². The molecule has 1 N–H and O–H groups in total. The van der Waals surface area contributed by atoms with Crippen molar-refractivity contribution < 1.29 is 14.7 Å². The van der Waals surface area contributed by atoms with Crippen molar-refractivity contribution in [3.05, 3.63) is 0 Å². The number of likely N-dealkylation sites (tertiary alicyclic amines) is 1. The number of aliphatic carboxylic acids is 1. The average molecular weight is 316 g/mol. The molecule has 0 spiro atoms. The van der Waals surface area contributed by atoms with Crippen LogP contribution in [0.25, 0.3) is 0 Å². The average Bonchev–Trinajstić information content (AvgIpc) is 2.49. The van der Waals surface area contributed by atoms with Gasteiger partial charge in [0, 0.05) is 37.8 Å². The summed E-state index contributed by atoms with van der Waals surface area (Å²) in [6, 6.07) is 0.386. The molecule has 1 aliphatic rings. The van der Waals surface area contributed by atoms with Crippen LogP contribution >= 0.6 is 11.8 Å². The Labute approximate surface area is 132 Å². The highest BCUT2D eigenvalue weighted by molar-refractivity contribution is 7.98. The summed E-state index contributed by atoms with van der Waals surface area (Å²) < 4.78 is 0. The standard InChI is InChI=1S/C15H28N2O3S/c1-4-12(11-21-3)16(2)15(20)17-10-6-5-7-13(17)8-9-14(18)19/h12-13H,4-11H2,1-3H3,(H,18,19). The Hall–Kier alpha value is -0.910. The van der Waals surface area contributed by atoms with Crippen LogP contribution in [0, 0.1) is 0 Å². The van der Waals surface area contributed by atoms with Crippen molar-refractivity contribution in [3.63, 3.8) is 0 Å². The van der Waals surface area contributed by atoms with Gasteiger partial charge in [-0.25, -0.2) is 4.79 Å². The van der Waals surface area contributed by atoms with E-state index in [0.717, 1.165) is 38.0 Å². The number of carbonyl (C=O) groups excluding carboxylic acids is 1. The number of carbonyl (C=O) groups is 2. The molecule has 0 aromatic heterocycles. The van der Waals surface area contributed by atoms with Gasteiger partial charge in [-0.15, -0.1) is 0 Å². The molecule has 122 valence electrons. The molecule has 1 aliphatic heterocycles. The number of carboxylic acid groups (broad SMARTS) is 1. The van der Waals surface area contributed by atoms with Crippen molar-refractivity contribution in [2.75, 3.05) is 25.6 Å². The molecule has 0 bridgehead atoms. The first-order valence-corrected chi connectivity index (χ1v) is 9.14. The van der Waals surface area contributed by atoms with E-state index in [1.807, 2.05) is 16.8 Å². The highest BCUT2D eigenvalue weighted by atomic mass is 32.2. The fourth-order valence-corrected chi connectivity index (χ4v) is 3.74. The fraction of sp³-hybridized carbons (Fsp3) is 0.867. The molecule has 0 radical (unpaired) electrons. The van der Waals surface area contributed by atoms with Gasteiger partial charge < -0.3 is 14.9 Å². The Morgan fingerprint density at radius 1 is 1.43 bits per heavy atom. The topological polar surface area (TPSA) is 60.9 Å². The van der Waals surface area contributed by atoms with Gasteiger partial charge in [0.05, 0.1) is 0 Å². The Morgan fingerprint density at radius 2 is 2.14 bits per heavy atom. The minimum Gasteiger partial charge on any atom is -0.481 e. The third kappa shape index (κ3) is 5.41. The molecule has 1 heterocycles. The van der Waals surface area contributed by atoms with E-state index in [-0.39, 0.29) is 24.5 Å². The van der Waals surface area contributed by atoms with Gasteiger partial charge in [0.15, 0.2) is 0 Å². The number of hydrogen-bond acceptors (Lipinski definition) is 3. The van der Waals surface area contributed by atoms with E-state index in [1.165, 1.54) is 0 Å². The second-order valence-electron chi connectivity index (χ2n) is 5.69. The van der Waals surface area contributed by atoms with E-state index in [4.69, 9.17) is 5.11 Å². The molecule has 2 amide bonds. The highest BCUT2D eigenvalue weighted by Gasteiger charge is 2.30. The lowest BCUT2D eigenvalue weighted by atomic mass is 9.98. The maximum absolute atomic E-state index is 12.7. The zero-order valence-electron chi connectivity index (χ0n) is 13.4. The predicted octanol–water partition coefficient (Wildman–Crippen LogP) is 2.90. The number of rotatable bonds is 7. The number of nitrogens with zero attached hydrogens (tertiary/aromatic N) is 2. The number of thioether (sulfide) groups is 1. The number of hydrogen-bond donors (Lipinski definition) is 1. The van der Waals surface area contributed by atoms with E-state index in [1.54, 1.807) is 11.8 Å². The van der Waals surface area contributed by atoms with E-state index in [9.17, 15) is 9.59 Å². The Morgan fingerprint density at radius 3 is 2.71 bits per heavy atom. The third-order valence-electron chi connectivity index (χ3n) is 4.24. The Bertz CT molecular complexity index is 352. The van der Waals surface area contributed by atoms with Gasteiger partial charge in [0.2, 0.25) is 0 Å². The fourth-order valence-electron chi connectivity index (χ4n) is 2.90. The lowest BCUT2D eigenvalue weighted by Gasteiger charge is -2.40.